The van der Waals surface area contributed by atoms with Gasteiger partial charge < -0.3 is 19.8 Å². The number of nitrogens with zero attached hydrogens (tertiary/aromatic N) is 1. The Labute approximate surface area is 176 Å². The zero-order valence-corrected chi connectivity index (χ0v) is 17.2. The maximum absolute atomic E-state index is 12.7. The van der Waals surface area contributed by atoms with E-state index in [0.29, 0.717) is 17.2 Å². The Hall–Kier alpha value is -2.82. The summed E-state index contributed by atoms with van der Waals surface area (Å²) in [5.74, 6) is -2.45. The van der Waals surface area contributed by atoms with Crippen LogP contribution in [0.15, 0.2) is 27.8 Å². The smallest absolute Gasteiger partial charge is 0.450 e. The van der Waals surface area contributed by atoms with Gasteiger partial charge >= 0.3 is 18.2 Å². The Morgan fingerprint density at radius 3 is 2.48 bits per heavy atom. The van der Waals surface area contributed by atoms with Crippen molar-refractivity contribution in [3.63, 3.8) is 0 Å². The molecule has 1 aromatic rings. The highest BCUT2D eigenvalue weighted by molar-refractivity contribution is 5.95. The standard InChI is InChI=1S/C20H24F3N3O5/c1-3-30-18(28)15-13(24-19(29)25-16(15)14-5-4-11(2)31-14)10-26-8-6-12(7-9-26)17(27)20(21,22)23/h4-5,12,16H,3,6-10H2,1-2H3,(H2,24,25,29). The molecule has 0 aliphatic carbocycles. The number of ketones is 1. The van der Waals surface area contributed by atoms with Crippen molar-refractivity contribution < 1.29 is 36.7 Å². The molecule has 0 bridgehead atoms. The molecule has 3 rings (SSSR count). The van der Waals surface area contributed by atoms with Gasteiger partial charge in [-0.2, -0.15) is 13.2 Å². The van der Waals surface area contributed by atoms with E-state index in [1.165, 1.54) is 0 Å². The molecule has 2 amide bonds. The average Bonchev–Trinajstić information content (AvgIpc) is 3.13. The second kappa shape index (κ2) is 9.13. The number of esters is 1. The van der Waals surface area contributed by atoms with Crippen molar-refractivity contribution in [1.29, 1.82) is 0 Å². The number of alkyl halides is 3. The molecule has 1 saturated heterocycles. The quantitative estimate of drug-likeness (QED) is 0.656. The number of nitrogens with one attached hydrogen (secondary N) is 2. The number of Topliss-reactive ketones (excluding diaryl/α,β-unsaturated/α-hetero) is 1. The van der Waals surface area contributed by atoms with E-state index in [1.807, 2.05) is 0 Å². The summed E-state index contributed by atoms with van der Waals surface area (Å²) in [5, 5.41) is 5.27. The van der Waals surface area contributed by atoms with Crippen molar-refractivity contribution in [3.05, 3.63) is 34.9 Å². The summed E-state index contributed by atoms with van der Waals surface area (Å²) in [6.07, 6.45) is -4.75. The molecule has 0 radical (unpaired) electrons. The molecule has 1 aromatic heterocycles. The molecule has 1 fully saturated rings. The molecule has 0 aromatic carbocycles. The monoisotopic (exact) mass is 443 g/mol. The topological polar surface area (TPSA) is 101 Å². The maximum atomic E-state index is 12.7. The third-order valence-corrected chi connectivity index (χ3v) is 5.31. The van der Waals surface area contributed by atoms with Crippen LogP contribution in [-0.4, -0.2) is 55.1 Å². The molecule has 11 heteroatoms. The van der Waals surface area contributed by atoms with Crippen molar-refractivity contribution in [1.82, 2.24) is 15.5 Å². The highest BCUT2D eigenvalue weighted by Crippen LogP contribution is 2.31. The second-order valence-corrected chi connectivity index (χ2v) is 7.51. The van der Waals surface area contributed by atoms with Crippen molar-refractivity contribution in [2.75, 3.05) is 26.2 Å². The number of carbonyl (C=O) groups excluding carboxylic acids is 3. The van der Waals surface area contributed by atoms with E-state index in [2.05, 4.69) is 10.6 Å². The van der Waals surface area contributed by atoms with Gasteiger partial charge in [-0.3, -0.25) is 9.69 Å². The highest BCUT2D eigenvalue weighted by atomic mass is 19.4. The summed E-state index contributed by atoms with van der Waals surface area (Å²) >= 11 is 0. The normalized spacial score (nSPS) is 20.9. The van der Waals surface area contributed by atoms with E-state index in [4.69, 9.17) is 9.15 Å². The average molecular weight is 443 g/mol. The van der Waals surface area contributed by atoms with E-state index < -0.39 is 35.9 Å². The number of aryl methyl sites for hydroxylation is 1. The van der Waals surface area contributed by atoms with E-state index in [0.717, 1.165) is 0 Å². The fourth-order valence-electron chi connectivity index (χ4n) is 3.82. The van der Waals surface area contributed by atoms with E-state index in [1.54, 1.807) is 30.9 Å². The third kappa shape index (κ3) is 5.27. The molecular weight excluding hydrogens is 419 g/mol. The van der Waals surface area contributed by atoms with E-state index in [-0.39, 0.29) is 44.7 Å². The molecule has 1 unspecified atom stereocenters. The Balaban J connectivity index is 1.81. The van der Waals surface area contributed by atoms with Crippen molar-refractivity contribution in [2.45, 2.75) is 38.9 Å². The number of piperidine rings is 1. The summed E-state index contributed by atoms with van der Waals surface area (Å²) in [7, 11) is 0. The first-order chi connectivity index (χ1) is 14.6. The maximum Gasteiger partial charge on any atom is 0.450 e. The number of carbonyl (C=O) groups is 3. The van der Waals surface area contributed by atoms with Crippen molar-refractivity contribution in [3.8, 4) is 0 Å². The van der Waals surface area contributed by atoms with Crippen LogP contribution in [0.25, 0.3) is 0 Å². The molecule has 1 atom stereocenters. The number of hydrogen-bond acceptors (Lipinski definition) is 6. The van der Waals surface area contributed by atoms with E-state index >= 15 is 0 Å². The molecule has 0 saturated carbocycles. The Morgan fingerprint density at radius 2 is 1.94 bits per heavy atom. The van der Waals surface area contributed by atoms with Gasteiger partial charge in [0.1, 0.15) is 17.6 Å². The van der Waals surface area contributed by atoms with Crippen LogP contribution < -0.4 is 10.6 Å². The summed E-state index contributed by atoms with van der Waals surface area (Å²) in [6, 6.07) is 1.95. The zero-order valence-electron chi connectivity index (χ0n) is 17.2. The number of furan rings is 1. The first kappa shape index (κ1) is 22.9. The minimum absolute atomic E-state index is 0.0490. The lowest BCUT2D eigenvalue weighted by molar-refractivity contribution is -0.176. The third-order valence-electron chi connectivity index (χ3n) is 5.31. The summed E-state index contributed by atoms with van der Waals surface area (Å²) in [6.45, 7) is 4.07. The number of ether oxygens (including phenoxy) is 1. The fourth-order valence-corrected chi connectivity index (χ4v) is 3.82. The lowest BCUT2D eigenvalue weighted by Gasteiger charge is -2.34. The van der Waals surface area contributed by atoms with Gasteiger partial charge in [0.05, 0.1) is 12.2 Å². The van der Waals surface area contributed by atoms with Crippen molar-refractivity contribution in [2.24, 2.45) is 5.92 Å². The number of rotatable bonds is 6. The van der Waals surface area contributed by atoms with Crippen LogP contribution in [0.5, 0.6) is 0 Å². The van der Waals surface area contributed by atoms with E-state index in [9.17, 15) is 27.6 Å². The number of halogens is 3. The van der Waals surface area contributed by atoms with Crippen LogP contribution in [-0.2, 0) is 14.3 Å². The Kier molecular flexibility index (Phi) is 6.73. The molecule has 2 aliphatic heterocycles. The SMILES string of the molecule is CCOC(=O)C1=C(CN2CCC(C(=O)C(F)(F)F)CC2)NC(=O)NC1c1ccc(C)o1. The van der Waals surface area contributed by atoms with Crippen LogP contribution >= 0.6 is 0 Å². The van der Waals surface area contributed by atoms with Gasteiger partial charge in [-0.1, -0.05) is 0 Å². The zero-order chi connectivity index (χ0) is 22.8. The molecule has 31 heavy (non-hydrogen) atoms. The first-order valence-electron chi connectivity index (χ1n) is 9.97. The molecule has 0 spiro atoms. The lowest BCUT2D eigenvalue weighted by atomic mass is 9.91. The predicted octanol–water partition coefficient (Wildman–Crippen LogP) is 2.60. The number of amides is 2. The van der Waals surface area contributed by atoms with Crippen LogP contribution in [0.2, 0.25) is 0 Å². The first-order valence-corrected chi connectivity index (χ1v) is 9.97. The highest BCUT2D eigenvalue weighted by Gasteiger charge is 2.44. The predicted molar refractivity (Wildman–Crippen MR) is 102 cm³/mol. The molecule has 170 valence electrons. The molecular formula is C20H24F3N3O5. The van der Waals surface area contributed by atoms with Gasteiger partial charge in [0.2, 0.25) is 5.78 Å². The van der Waals surface area contributed by atoms with Gasteiger partial charge in [0.15, 0.2) is 0 Å². The van der Waals surface area contributed by atoms with Gasteiger partial charge in [0, 0.05) is 18.2 Å². The summed E-state index contributed by atoms with van der Waals surface area (Å²) in [5.41, 5.74) is 0.464. The van der Waals surface area contributed by atoms with Crippen molar-refractivity contribution >= 4 is 17.8 Å². The number of urea groups is 1. The van der Waals surface area contributed by atoms with Crippen LogP contribution in [0.1, 0.15) is 37.3 Å². The molecule has 3 heterocycles. The second-order valence-electron chi connectivity index (χ2n) is 7.51. The molecule has 2 N–H and O–H groups in total. The van der Waals surface area contributed by atoms with Gasteiger partial charge in [-0.05, 0) is 51.9 Å². The van der Waals surface area contributed by atoms with Gasteiger partial charge in [0.25, 0.3) is 0 Å². The van der Waals surface area contributed by atoms with Crippen LogP contribution in [0, 0.1) is 12.8 Å². The number of likely N-dealkylation sites (tertiary alicyclic amines) is 1. The number of hydrogen-bond donors (Lipinski definition) is 2. The molecule has 8 nitrogen and oxygen atoms in total. The summed E-state index contributed by atoms with van der Waals surface area (Å²) < 4.78 is 48.8. The van der Waals surface area contributed by atoms with Crippen LogP contribution in [0.4, 0.5) is 18.0 Å². The fraction of sp³-hybridized carbons (Fsp3) is 0.550. The largest absolute Gasteiger partial charge is 0.464 e. The minimum atomic E-state index is -4.84. The van der Waals surface area contributed by atoms with Gasteiger partial charge in [-0.15, -0.1) is 0 Å². The Morgan fingerprint density at radius 1 is 1.26 bits per heavy atom. The van der Waals surface area contributed by atoms with Crippen LogP contribution in [0.3, 0.4) is 0 Å². The molecule has 2 aliphatic rings. The Bertz CT molecular complexity index is 885. The minimum Gasteiger partial charge on any atom is -0.464 e. The van der Waals surface area contributed by atoms with Gasteiger partial charge in [-0.25, -0.2) is 9.59 Å². The summed E-state index contributed by atoms with van der Waals surface area (Å²) in [4.78, 5) is 38.2. The lowest BCUT2D eigenvalue weighted by Crippen LogP contribution is -2.49.